The molecule has 0 saturated carbocycles. The van der Waals surface area contributed by atoms with Gasteiger partial charge >= 0.3 is 0 Å². The lowest BCUT2D eigenvalue weighted by Crippen LogP contribution is -2.12. The first-order chi connectivity index (χ1) is 10.3. The summed E-state index contributed by atoms with van der Waals surface area (Å²) in [5.41, 5.74) is 1.96. The number of hydrogen-bond acceptors (Lipinski definition) is 5. The minimum Gasteiger partial charge on any atom is -0.186 e. The molecule has 0 atom stereocenters. The van der Waals surface area contributed by atoms with Gasteiger partial charge in [-0.3, -0.25) is 0 Å². The molecular weight excluding hydrogens is 324 g/mol. The molecule has 0 aliphatic carbocycles. The molecule has 0 spiro atoms. The Balaban J connectivity index is 1.83. The summed E-state index contributed by atoms with van der Waals surface area (Å²) < 4.78 is 1.80. The van der Waals surface area contributed by atoms with Gasteiger partial charge in [0, 0.05) is 16.3 Å². The van der Waals surface area contributed by atoms with E-state index >= 15 is 0 Å². The Morgan fingerprint density at radius 1 is 1.14 bits per heavy atom. The van der Waals surface area contributed by atoms with Crippen molar-refractivity contribution in [3.8, 4) is 11.4 Å². The van der Waals surface area contributed by atoms with Crippen LogP contribution in [0.4, 0.5) is 0 Å². The van der Waals surface area contributed by atoms with Crippen LogP contribution in [0.1, 0.15) is 4.88 Å². The highest BCUT2D eigenvalue weighted by Gasteiger charge is 2.21. The molecular formula is C14H9ClN4S2. The SMILES string of the molecule is Clc1cccc(-c2nnc3n2N=C(c2cccs2)CS3)c1. The zero-order valence-electron chi connectivity index (χ0n) is 10.7. The Morgan fingerprint density at radius 3 is 2.90 bits per heavy atom. The second kappa shape index (κ2) is 5.29. The predicted octanol–water partition coefficient (Wildman–Crippen LogP) is 4.02. The number of benzene rings is 1. The molecule has 1 aromatic carbocycles. The normalized spacial score (nSPS) is 13.9. The van der Waals surface area contributed by atoms with Crippen LogP contribution in [0.2, 0.25) is 5.02 Å². The van der Waals surface area contributed by atoms with Gasteiger partial charge in [0.15, 0.2) is 5.82 Å². The summed E-state index contributed by atoms with van der Waals surface area (Å²) in [7, 11) is 0. The lowest BCUT2D eigenvalue weighted by atomic mass is 10.2. The molecule has 21 heavy (non-hydrogen) atoms. The average Bonchev–Trinajstić information content (AvgIpc) is 3.16. The van der Waals surface area contributed by atoms with Crippen molar-refractivity contribution in [1.29, 1.82) is 0 Å². The zero-order chi connectivity index (χ0) is 14.2. The van der Waals surface area contributed by atoms with Gasteiger partial charge in [0.25, 0.3) is 0 Å². The number of fused-ring (bicyclic) bond motifs is 1. The smallest absolute Gasteiger partial charge is 0.186 e. The molecule has 0 fully saturated rings. The number of aromatic nitrogens is 3. The molecule has 3 heterocycles. The van der Waals surface area contributed by atoms with E-state index in [2.05, 4.69) is 21.6 Å². The molecule has 0 unspecified atom stereocenters. The van der Waals surface area contributed by atoms with Gasteiger partial charge in [0.1, 0.15) is 0 Å². The van der Waals surface area contributed by atoms with Crippen molar-refractivity contribution in [3.05, 3.63) is 51.7 Å². The van der Waals surface area contributed by atoms with E-state index in [9.17, 15) is 0 Å². The van der Waals surface area contributed by atoms with E-state index < -0.39 is 0 Å². The molecule has 0 N–H and O–H groups in total. The summed E-state index contributed by atoms with van der Waals surface area (Å²) >= 11 is 9.40. The maximum Gasteiger partial charge on any atom is 0.212 e. The van der Waals surface area contributed by atoms with E-state index in [0.717, 1.165) is 22.2 Å². The number of halogens is 1. The molecule has 1 aliphatic rings. The van der Waals surface area contributed by atoms with Crippen LogP contribution in [0.15, 0.2) is 52.0 Å². The molecule has 3 aromatic rings. The van der Waals surface area contributed by atoms with Crippen LogP contribution in [0.3, 0.4) is 0 Å². The van der Waals surface area contributed by atoms with Crippen molar-refractivity contribution in [2.45, 2.75) is 5.16 Å². The van der Waals surface area contributed by atoms with Gasteiger partial charge in [0.05, 0.1) is 10.6 Å². The molecule has 4 nitrogen and oxygen atoms in total. The quantitative estimate of drug-likeness (QED) is 0.712. The van der Waals surface area contributed by atoms with Crippen molar-refractivity contribution in [3.63, 3.8) is 0 Å². The standard InChI is InChI=1S/C14H9ClN4S2/c15-10-4-1-3-9(7-10)13-16-17-14-19(13)18-11(8-21-14)12-5-2-6-20-12/h1-7H,8H2. The largest absolute Gasteiger partial charge is 0.212 e. The highest BCUT2D eigenvalue weighted by molar-refractivity contribution is 7.99. The number of hydrogen-bond donors (Lipinski definition) is 0. The summed E-state index contributed by atoms with van der Waals surface area (Å²) in [6, 6.07) is 11.7. The first-order valence-electron chi connectivity index (χ1n) is 6.27. The van der Waals surface area contributed by atoms with Gasteiger partial charge in [0.2, 0.25) is 5.16 Å². The van der Waals surface area contributed by atoms with E-state index in [4.69, 9.17) is 16.7 Å². The second-order valence-corrected chi connectivity index (χ2v) is 6.77. The number of nitrogens with zero attached hydrogens (tertiary/aromatic N) is 4. The van der Waals surface area contributed by atoms with Gasteiger partial charge in [-0.1, -0.05) is 41.6 Å². The fourth-order valence-corrected chi connectivity index (χ4v) is 3.92. The van der Waals surface area contributed by atoms with Crippen molar-refractivity contribution < 1.29 is 0 Å². The average molecular weight is 333 g/mol. The van der Waals surface area contributed by atoms with Crippen molar-refractivity contribution >= 4 is 40.4 Å². The molecule has 1 aliphatic heterocycles. The number of thioether (sulfide) groups is 1. The lowest BCUT2D eigenvalue weighted by Gasteiger charge is -2.12. The van der Waals surface area contributed by atoms with E-state index in [-0.39, 0.29) is 0 Å². The van der Waals surface area contributed by atoms with Crippen LogP contribution >= 0.6 is 34.7 Å². The molecule has 0 amide bonds. The predicted molar refractivity (Wildman–Crippen MR) is 87.4 cm³/mol. The van der Waals surface area contributed by atoms with Crippen LogP contribution in [-0.4, -0.2) is 26.3 Å². The first kappa shape index (κ1) is 13.1. The van der Waals surface area contributed by atoms with Crippen LogP contribution in [0.5, 0.6) is 0 Å². The molecule has 4 rings (SSSR count). The van der Waals surface area contributed by atoms with E-state index in [1.54, 1.807) is 27.8 Å². The minimum atomic E-state index is 0.677. The molecule has 0 radical (unpaired) electrons. The first-order valence-corrected chi connectivity index (χ1v) is 8.51. The van der Waals surface area contributed by atoms with E-state index in [1.165, 1.54) is 4.88 Å². The monoisotopic (exact) mass is 332 g/mol. The van der Waals surface area contributed by atoms with Gasteiger partial charge in [-0.05, 0) is 23.6 Å². The second-order valence-electron chi connectivity index (χ2n) is 4.44. The Kier molecular flexibility index (Phi) is 3.29. The van der Waals surface area contributed by atoms with Gasteiger partial charge in [-0.25, -0.2) is 0 Å². The highest BCUT2D eigenvalue weighted by Crippen LogP contribution is 2.30. The zero-order valence-corrected chi connectivity index (χ0v) is 13.1. The van der Waals surface area contributed by atoms with E-state index in [1.807, 2.05) is 30.3 Å². The van der Waals surface area contributed by atoms with Crippen LogP contribution in [0.25, 0.3) is 11.4 Å². The number of thiophene rings is 1. The fraction of sp³-hybridized carbons (Fsp3) is 0.0714. The molecule has 0 saturated heterocycles. The molecule has 104 valence electrons. The summed E-state index contributed by atoms with van der Waals surface area (Å²) in [6.45, 7) is 0. The summed E-state index contributed by atoms with van der Waals surface area (Å²) in [6.07, 6.45) is 0. The molecule has 2 aromatic heterocycles. The van der Waals surface area contributed by atoms with Gasteiger partial charge in [-0.2, -0.15) is 9.78 Å². The Morgan fingerprint density at radius 2 is 2.10 bits per heavy atom. The number of rotatable bonds is 2. The molecule has 7 heteroatoms. The van der Waals surface area contributed by atoms with Crippen LogP contribution in [-0.2, 0) is 0 Å². The van der Waals surface area contributed by atoms with Gasteiger partial charge in [-0.15, -0.1) is 21.5 Å². The Bertz CT molecular complexity index is 823. The molecule has 0 bridgehead atoms. The third-order valence-electron chi connectivity index (χ3n) is 3.06. The van der Waals surface area contributed by atoms with E-state index in [0.29, 0.717) is 10.8 Å². The minimum absolute atomic E-state index is 0.677. The fourth-order valence-electron chi connectivity index (χ4n) is 2.10. The third-order valence-corrected chi connectivity index (χ3v) is 5.14. The third kappa shape index (κ3) is 2.39. The van der Waals surface area contributed by atoms with Crippen LogP contribution < -0.4 is 0 Å². The van der Waals surface area contributed by atoms with Crippen molar-refractivity contribution in [2.24, 2.45) is 5.10 Å². The topological polar surface area (TPSA) is 43.1 Å². The highest BCUT2D eigenvalue weighted by atomic mass is 35.5. The van der Waals surface area contributed by atoms with Crippen molar-refractivity contribution in [1.82, 2.24) is 14.9 Å². The van der Waals surface area contributed by atoms with Crippen LogP contribution in [0, 0.1) is 0 Å². The summed E-state index contributed by atoms with van der Waals surface area (Å²) in [5, 5.41) is 16.7. The lowest BCUT2D eigenvalue weighted by molar-refractivity contribution is 0.763. The Hall–Kier alpha value is -1.63. The summed E-state index contributed by atoms with van der Waals surface area (Å²) in [4.78, 5) is 1.18. The maximum absolute atomic E-state index is 6.06. The summed E-state index contributed by atoms with van der Waals surface area (Å²) in [5.74, 6) is 1.53. The van der Waals surface area contributed by atoms with Crippen molar-refractivity contribution in [2.75, 3.05) is 5.75 Å². The Labute approximate surface area is 134 Å². The van der Waals surface area contributed by atoms with Gasteiger partial charge < -0.3 is 0 Å². The maximum atomic E-state index is 6.06.